The van der Waals surface area contributed by atoms with E-state index < -0.39 is 9.84 Å². The van der Waals surface area contributed by atoms with E-state index >= 15 is 0 Å². The zero-order valence-electron chi connectivity index (χ0n) is 9.40. The van der Waals surface area contributed by atoms with E-state index in [1.165, 1.54) is 0 Å². The van der Waals surface area contributed by atoms with E-state index in [2.05, 4.69) is 18.9 Å². The molecular weight excluding hydrogens is 214 g/mol. The van der Waals surface area contributed by atoms with Crippen LogP contribution in [0.3, 0.4) is 0 Å². The minimum absolute atomic E-state index is 0.272. The van der Waals surface area contributed by atoms with Crippen molar-refractivity contribution in [3.8, 4) is 0 Å². The van der Waals surface area contributed by atoms with Crippen molar-refractivity contribution >= 4 is 9.84 Å². The molecule has 15 heavy (non-hydrogen) atoms. The largest absolute Gasteiger partial charge is 0.359 e. The van der Waals surface area contributed by atoms with Gasteiger partial charge in [0, 0.05) is 18.9 Å². The van der Waals surface area contributed by atoms with E-state index in [1.807, 2.05) is 0 Å². The lowest BCUT2D eigenvalue weighted by Gasteiger charge is -2.39. The lowest BCUT2D eigenvalue weighted by Crippen LogP contribution is -2.50. The highest BCUT2D eigenvalue weighted by Gasteiger charge is 2.47. The van der Waals surface area contributed by atoms with Crippen LogP contribution < -0.4 is 0 Å². The minimum Gasteiger partial charge on any atom is -0.359 e. The van der Waals surface area contributed by atoms with Gasteiger partial charge in [0.1, 0.15) is 5.72 Å². The van der Waals surface area contributed by atoms with E-state index in [0.29, 0.717) is 18.9 Å². The summed E-state index contributed by atoms with van der Waals surface area (Å²) in [6, 6.07) is 0.450. The second-order valence-corrected chi connectivity index (χ2v) is 6.89. The second kappa shape index (κ2) is 3.71. The molecule has 0 N–H and O–H groups in total. The average molecular weight is 233 g/mol. The van der Waals surface area contributed by atoms with Gasteiger partial charge >= 0.3 is 0 Å². The molecule has 0 aromatic carbocycles. The number of rotatable bonds is 1. The smallest absolute Gasteiger partial charge is 0.150 e. The van der Waals surface area contributed by atoms with Crippen LogP contribution in [-0.2, 0) is 14.6 Å². The minimum atomic E-state index is -2.80. The van der Waals surface area contributed by atoms with Gasteiger partial charge in [-0.15, -0.1) is 0 Å². The van der Waals surface area contributed by atoms with Crippen LogP contribution in [0.25, 0.3) is 0 Å². The standard InChI is InChI=1S/C10H19NO3S/c1-3-9-8-14-10(11(9)2)4-6-15(12,13)7-5-10/h9H,3-8H2,1-2H3/t9-/m1/s1. The lowest BCUT2D eigenvalue weighted by molar-refractivity contribution is -0.0812. The number of nitrogens with zero attached hydrogens (tertiary/aromatic N) is 1. The summed E-state index contributed by atoms with van der Waals surface area (Å²) in [6.07, 6.45) is 2.32. The van der Waals surface area contributed by atoms with Gasteiger partial charge in [-0.3, -0.25) is 4.90 Å². The highest BCUT2D eigenvalue weighted by molar-refractivity contribution is 7.91. The highest BCUT2D eigenvalue weighted by atomic mass is 32.2. The first-order valence-electron chi connectivity index (χ1n) is 5.56. The van der Waals surface area contributed by atoms with Gasteiger partial charge in [0.15, 0.2) is 9.84 Å². The number of ether oxygens (including phenoxy) is 1. The zero-order valence-corrected chi connectivity index (χ0v) is 10.2. The molecule has 0 bridgehead atoms. The molecule has 2 saturated heterocycles. The van der Waals surface area contributed by atoms with Gasteiger partial charge in [-0.25, -0.2) is 8.42 Å². The maximum atomic E-state index is 11.4. The highest BCUT2D eigenvalue weighted by Crippen LogP contribution is 2.37. The van der Waals surface area contributed by atoms with Gasteiger partial charge in [0.25, 0.3) is 0 Å². The van der Waals surface area contributed by atoms with Crippen LogP contribution in [0.2, 0.25) is 0 Å². The molecule has 88 valence electrons. The van der Waals surface area contributed by atoms with Crippen LogP contribution in [0, 0.1) is 0 Å². The molecule has 2 aliphatic heterocycles. The Morgan fingerprint density at radius 2 is 2.00 bits per heavy atom. The fraction of sp³-hybridized carbons (Fsp3) is 1.00. The summed E-state index contributed by atoms with van der Waals surface area (Å²) in [5.41, 5.74) is -0.286. The van der Waals surface area contributed by atoms with Crippen molar-refractivity contribution in [3.05, 3.63) is 0 Å². The van der Waals surface area contributed by atoms with Crippen molar-refractivity contribution in [1.82, 2.24) is 4.90 Å². The maximum Gasteiger partial charge on any atom is 0.150 e. The monoisotopic (exact) mass is 233 g/mol. The Hall–Kier alpha value is -0.130. The molecule has 2 rings (SSSR count). The summed E-state index contributed by atoms with van der Waals surface area (Å²) in [5, 5.41) is 0. The number of hydrogen-bond acceptors (Lipinski definition) is 4. The van der Waals surface area contributed by atoms with Crippen molar-refractivity contribution in [1.29, 1.82) is 0 Å². The van der Waals surface area contributed by atoms with Crippen molar-refractivity contribution in [3.63, 3.8) is 0 Å². The first-order chi connectivity index (χ1) is 6.99. The quantitative estimate of drug-likeness (QED) is 0.666. The maximum absolute atomic E-state index is 11.4. The van der Waals surface area contributed by atoms with Crippen molar-refractivity contribution in [2.45, 2.75) is 38.0 Å². The third kappa shape index (κ3) is 1.92. The molecule has 2 aliphatic rings. The van der Waals surface area contributed by atoms with Crippen LogP contribution in [0.5, 0.6) is 0 Å². The Labute approximate surface area is 91.5 Å². The molecule has 2 heterocycles. The molecule has 0 radical (unpaired) electrons. The molecule has 1 spiro atoms. The predicted octanol–water partition coefficient (Wildman–Crippen LogP) is 0.632. The third-order valence-corrected chi connectivity index (χ3v) is 5.47. The summed E-state index contributed by atoms with van der Waals surface area (Å²) in [5.74, 6) is 0.543. The number of sulfone groups is 1. The topological polar surface area (TPSA) is 46.6 Å². The molecule has 0 unspecified atom stereocenters. The third-order valence-electron chi connectivity index (χ3n) is 3.81. The zero-order chi connectivity index (χ0) is 11.1. The molecule has 2 fully saturated rings. The number of hydrogen-bond donors (Lipinski definition) is 0. The van der Waals surface area contributed by atoms with E-state index in [4.69, 9.17) is 4.74 Å². The van der Waals surface area contributed by atoms with Gasteiger partial charge < -0.3 is 4.74 Å². The molecule has 0 aliphatic carbocycles. The van der Waals surface area contributed by atoms with Crippen LogP contribution in [-0.4, -0.2) is 50.2 Å². The van der Waals surface area contributed by atoms with Gasteiger partial charge in [-0.1, -0.05) is 6.92 Å². The predicted molar refractivity (Wildman–Crippen MR) is 58.4 cm³/mol. The van der Waals surface area contributed by atoms with Gasteiger partial charge in [-0.2, -0.15) is 0 Å². The Bertz CT molecular complexity index is 325. The molecule has 5 heteroatoms. The molecule has 4 nitrogen and oxygen atoms in total. The SMILES string of the molecule is CC[C@@H]1COC2(CCS(=O)(=O)CC2)N1C. The summed E-state index contributed by atoms with van der Waals surface area (Å²) in [7, 11) is -0.746. The Balaban J connectivity index is 2.11. The Kier molecular flexibility index (Phi) is 2.81. The molecular formula is C10H19NO3S. The summed E-state index contributed by atoms with van der Waals surface area (Å²) in [4.78, 5) is 2.24. The normalized spacial score (nSPS) is 34.7. The van der Waals surface area contributed by atoms with E-state index in [1.54, 1.807) is 0 Å². The summed E-state index contributed by atoms with van der Waals surface area (Å²) < 4.78 is 28.6. The number of likely N-dealkylation sites (N-methyl/N-ethyl adjacent to an activating group) is 1. The van der Waals surface area contributed by atoms with Crippen LogP contribution in [0.15, 0.2) is 0 Å². The van der Waals surface area contributed by atoms with Crippen molar-refractivity contribution in [2.24, 2.45) is 0 Å². The van der Waals surface area contributed by atoms with Gasteiger partial charge in [0.05, 0.1) is 18.1 Å². The van der Waals surface area contributed by atoms with Crippen LogP contribution in [0.4, 0.5) is 0 Å². The van der Waals surface area contributed by atoms with E-state index in [-0.39, 0.29) is 17.2 Å². The summed E-state index contributed by atoms with van der Waals surface area (Å²) in [6.45, 7) is 2.89. The fourth-order valence-corrected chi connectivity index (χ4v) is 4.01. The van der Waals surface area contributed by atoms with Crippen LogP contribution in [0.1, 0.15) is 26.2 Å². The molecule has 0 aromatic heterocycles. The Morgan fingerprint density at radius 3 is 2.47 bits per heavy atom. The van der Waals surface area contributed by atoms with Gasteiger partial charge in [0.2, 0.25) is 0 Å². The first-order valence-corrected chi connectivity index (χ1v) is 7.38. The Morgan fingerprint density at radius 1 is 1.40 bits per heavy atom. The molecule has 0 aromatic rings. The second-order valence-electron chi connectivity index (χ2n) is 4.58. The van der Waals surface area contributed by atoms with Gasteiger partial charge in [-0.05, 0) is 13.5 Å². The van der Waals surface area contributed by atoms with E-state index in [0.717, 1.165) is 13.0 Å². The molecule has 0 amide bonds. The van der Waals surface area contributed by atoms with Crippen LogP contribution >= 0.6 is 0 Å². The molecule has 1 atom stereocenters. The van der Waals surface area contributed by atoms with Crippen molar-refractivity contribution in [2.75, 3.05) is 25.2 Å². The summed E-state index contributed by atoms with van der Waals surface area (Å²) >= 11 is 0. The molecule has 0 saturated carbocycles. The van der Waals surface area contributed by atoms with Crippen molar-refractivity contribution < 1.29 is 13.2 Å². The average Bonchev–Trinajstić information content (AvgIpc) is 2.50. The van der Waals surface area contributed by atoms with E-state index in [9.17, 15) is 8.42 Å². The lowest BCUT2D eigenvalue weighted by atomic mass is 10.0. The fourth-order valence-electron chi connectivity index (χ4n) is 2.54. The first kappa shape index (κ1) is 11.4.